The first-order valence-corrected chi connectivity index (χ1v) is 12.2. The van der Waals surface area contributed by atoms with E-state index < -0.39 is 0 Å². The number of esters is 1. The van der Waals surface area contributed by atoms with E-state index in [-0.39, 0.29) is 30.5 Å². The van der Waals surface area contributed by atoms with Gasteiger partial charge in [-0.1, -0.05) is 61.7 Å². The Balaban J connectivity index is 0.000000330. The summed E-state index contributed by atoms with van der Waals surface area (Å²) in [6.07, 6.45) is 6.90. The van der Waals surface area contributed by atoms with Crippen LogP contribution in [0.2, 0.25) is 0 Å². The molecule has 5 nitrogen and oxygen atoms in total. The molecule has 1 aromatic heterocycles. The Bertz CT molecular complexity index is 936. The summed E-state index contributed by atoms with van der Waals surface area (Å²) < 4.78 is 6.92. The lowest BCUT2D eigenvalue weighted by Crippen LogP contribution is -2.22. The maximum absolute atomic E-state index is 12.0. The number of thioether (sulfide) groups is 1. The summed E-state index contributed by atoms with van der Waals surface area (Å²) in [5, 5.41) is -0.0780. The molecule has 1 saturated carbocycles. The van der Waals surface area contributed by atoms with E-state index in [1.165, 1.54) is 43.4 Å². The van der Waals surface area contributed by atoms with Gasteiger partial charge in [-0.3, -0.25) is 9.59 Å². The molecule has 4 rings (SSSR count). The number of nitrogens with zero attached hydrogens (tertiary/aromatic N) is 1. The first-order chi connectivity index (χ1) is 15.1. The van der Waals surface area contributed by atoms with E-state index in [4.69, 9.17) is 10.5 Å². The molecule has 0 radical (unpaired) electrons. The van der Waals surface area contributed by atoms with Crippen molar-refractivity contribution in [3.05, 3.63) is 60.2 Å². The third-order valence-corrected chi connectivity index (χ3v) is 6.93. The molecule has 2 N–H and O–H groups in total. The number of carbonyl (C=O) groups excluding carboxylic acids is 2. The molecular weight excluding hydrogens is 428 g/mol. The molecular formula is C24H28N2O3S2. The smallest absolute Gasteiger partial charge is 0.306 e. The quantitative estimate of drug-likeness (QED) is 0.377. The third kappa shape index (κ3) is 8.44. The zero-order valence-electron chi connectivity index (χ0n) is 17.5. The summed E-state index contributed by atoms with van der Waals surface area (Å²) in [5.41, 5.74) is 7.46. The molecule has 3 aromatic rings. The molecule has 164 valence electrons. The van der Waals surface area contributed by atoms with E-state index in [1.807, 2.05) is 54.6 Å². The van der Waals surface area contributed by atoms with E-state index in [9.17, 15) is 9.59 Å². The fourth-order valence-corrected chi connectivity index (χ4v) is 5.15. The number of aromatic nitrogens is 1. The predicted molar refractivity (Wildman–Crippen MR) is 127 cm³/mol. The Morgan fingerprint density at radius 2 is 1.71 bits per heavy atom. The zero-order chi connectivity index (χ0) is 21.9. The molecule has 31 heavy (non-hydrogen) atoms. The molecule has 1 aliphatic rings. The van der Waals surface area contributed by atoms with Crippen molar-refractivity contribution in [3.8, 4) is 0 Å². The number of hydrogen-bond acceptors (Lipinski definition) is 7. The Morgan fingerprint density at radius 1 is 1.00 bits per heavy atom. The van der Waals surface area contributed by atoms with E-state index in [0.717, 1.165) is 27.5 Å². The topological polar surface area (TPSA) is 82.3 Å². The van der Waals surface area contributed by atoms with Crippen LogP contribution in [-0.4, -0.2) is 22.1 Å². The van der Waals surface area contributed by atoms with Crippen molar-refractivity contribution in [2.75, 3.05) is 0 Å². The van der Waals surface area contributed by atoms with Crippen LogP contribution in [-0.2, 0) is 20.9 Å². The van der Waals surface area contributed by atoms with Gasteiger partial charge in [0, 0.05) is 12.5 Å². The molecule has 0 unspecified atom stereocenters. The van der Waals surface area contributed by atoms with Gasteiger partial charge in [0.1, 0.15) is 6.61 Å². The van der Waals surface area contributed by atoms with Crippen LogP contribution in [0.25, 0.3) is 10.2 Å². The second-order valence-electron chi connectivity index (χ2n) is 7.47. The largest absolute Gasteiger partial charge is 0.461 e. The summed E-state index contributed by atoms with van der Waals surface area (Å²) in [6, 6.07) is 17.8. The first kappa shape index (κ1) is 23.4. The lowest BCUT2D eigenvalue weighted by atomic mass is 9.97. The van der Waals surface area contributed by atoms with Crippen LogP contribution in [0, 0.1) is 0 Å². The highest BCUT2D eigenvalue weighted by molar-refractivity contribution is 8.15. The molecule has 0 amide bonds. The number of fused-ring (bicyclic) bond motifs is 1. The number of nitrogens with two attached hydrogens (primary N) is 1. The SMILES string of the molecule is NC1CCCCC1.O=C(CCC(=O)Sc1nc2ccccc2s1)OCc1ccccc1. The van der Waals surface area contributed by atoms with Gasteiger partial charge in [0.2, 0.25) is 0 Å². The van der Waals surface area contributed by atoms with Gasteiger partial charge in [-0.15, -0.1) is 11.3 Å². The molecule has 7 heteroatoms. The summed E-state index contributed by atoms with van der Waals surface area (Å²) in [4.78, 5) is 28.1. The van der Waals surface area contributed by atoms with Gasteiger partial charge in [-0.05, 0) is 42.3 Å². The molecule has 0 bridgehead atoms. The van der Waals surface area contributed by atoms with E-state index >= 15 is 0 Å². The number of ether oxygens (including phenoxy) is 1. The molecule has 0 saturated heterocycles. The lowest BCUT2D eigenvalue weighted by Gasteiger charge is -2.15. The second kappa shape index (κ2) is 12.6. The van der Waals surface area contributed by atoms with Gasteiger partial charge in [-0.2, -0.15) is 0 Å². The van der Waals surface area contributed by atoms with Crippen molar-refractivity contribution in [1.82, 2.24) is 4.98 Å². The Morgan fingerprint density at radius 3 is 2.39 bits per heavy atom. The lowest BCUT2D eigenvalue weighted by molar-refractivity contribution is -0.145. The van der Waals surface area contributed by atoms with Gasteiger partial charge in [0.15, 0.2) is 9.45 Å². The van der Waals surface area contributed by atoms with Gasteiger partial charge < -0.3 is 10.5 Å². The number of thiazole rings is 1. The fraction of sp³-hybridized carbons (Fsp3) is 0.375. The minimum absolute atomic E-state index is 0.0780. The minimum Gasteiger partial charge on any atom is -0.461 e. The highest BCUT2D eigenvalue weighted by atomic mass is 32.2. The van der Waals surface area contributed by atoms with E-state index in [0.29, 0.717) is 10.4 Å². The first-order valence-electron chi connectivity index (χ1n) is 10.6. The molecule has 2 aromatic carbocycles. The molecule has 1 aliphatic carbocycles. The molecule has 1 heterocycles. The Kier molecular flexibility index (Phi) is 9.52. The van der Waals surface area contributed by atoms with E-state index in [1.54, 1.807) is 0 Å². The number of hydrogen-bond donors (Lipinski definition) is 1. The summed E-state index contributed by atoms with van der Waals surface area (Å²) >= 11 is 2.57. The number of benzene rings is 2. The minimum atomic E-state index is -0.364. The van der Waals surface area contributed by atoms with Gasteiger partial charge in [0.25, 0.3) is 0 Å². The number of carbonyl (C=O) groups is 2. The third-order valence-electron chi connectivity index (χ3n) is 4.90. The average Bonchev–Trinajstić information content (AvgIpc) is 3.20. The number of para-hydroxylation sites is 1. The second-order valence-corrected chi connectivity index (χ2v) is 9.80. The summed E-state index contributed by atoms with van der Waals surface area (Å²) in [5.74, 6) is -0.364. The van der Waals surface area contributed by atoms with Crippen LogP contribution in [0.5, 0.6) is 0 Å². The average molecular weight is 457 g/mol. The standard InChI is InChI=1S/C18H15NO3S2.C6H13N/c20-16(22-12-13-6-2-1-3-7-13)10-11-17(21)24-18-19-14-8-4-5-9-15(14)23-18;7-6-4-2-1-3-5-6/h1-9H,10-12H2;6H,1-5,7H2. The Hall–Kier alpha value is -2.22. The van der Waals surface area contributed by atoms with Crippen LogP contribution >= 0.6 is 23.1 Å². The Labute approximate surface area is 191 Å². The van der Waals surface area contributed by atoms with Gasteiger partial charge >= 0.3 is 5.97 Å². The predicted octanol–water partition coefficient (Wildman–Crippen LogP) is 5.72. The fourth-order valence-electron chi connectivity index (χ4n) is 3.19. The molecule has 0 aliphatic heterocycles. The van der Waals surface area contributed by atoms with Crippen LogP contribution in [0.4, 0.5) is 0 Å². The van der Waals surface area contributed by atoms with Crippen molar-refractivity contribution in [2.45, 2.75) is 61.9 Å². The zero-order valence-corrected chi connectivity index (χ0v) is 19.1. The number of rotatable bonds is 6. The molecule has 1 fully saturated rings. The van der Waals surface area contributed by atoms with Crippen molar-refractivity contribution in [3.63, 3.8) is 0 Å². The normalized spacial score (nSPS) is 14.0. The van der Waals surface area contributed by atoms with Crippen LogP contribution < -0.4 is 5.73 Å². The molecule has 0 spiro atoms. The van der Waals surface area contributed by atoms with Crippen LogP contribution in [0.1, 0.15) is 50.5 Å². The van der Waals surface area contributed by atoms with Crippen LogP contribution in [0.15, 0.2) is 58.9 Å². The monoisotopic (exact) mass is 456 g/mol. The van der Waals surface area contributed by atoms with E-state index in [2.05, 4.69) is 4.98 Å². The summed E-state index contributed by atoms with van der Waals surface area (Å²) in [6.45, 7) is 0.235. The molecule has 0 atom stereocenters. The highest BCUT2D eigenvalue weighted by Crippen LogP contribution is 2.30. The highest BCUT2D eigenvalue weighted by Gasteiger charge is 2.13. The van der Waals surface area contributed by atoms with Crippen molar-refractivity contribution in [2.24, 2.45) is 5.73 Å². The van der Waals surface area contributed by atoms with Crippen LogP contribution in [0.3, 0.4) is 0 Å². The van der Waals surface area contributed by atoms with Gasteiger partial charge in [-0.25, -0.2) is 4.98 Å². The van der Waals surface area contributed by atoms with Crippen molar-refractivity contribution < 1.29 is 14.3 Å². The maximum atomic E-state index is 12.0. The summed E-state index contributed by atoms with van der Waals surface area (Å²) in [7, 11) is 0. The van der Waals surface area contributed by atoms with Crippen molar-refractivity contribution >= 4 is 44.4 Å². The maximum Gasteiger partial charge on any atom is 0.306 e. The van der Waals surface area contributed by atoms with Crippen molar-refractivity contribution in [1.29, 1.82) is 0 Å². The van der Waals surface area contributed by atoms with Gasteiger partial charge in [0.05, 0.1) is 16.6 Å².